The number of Topliss-reactive ketones (excluding diaryl/α,β-unsaturated/α-hetero) is 1. The molecule has 0 radical (unpaired) electrons. The number of benzene rings is 2. The molecule has 0 aliphatic carbocycles. The first kappa shape index (κ1) is 19.7. The van der Waals surface area contributed by atoms with Crippen molar-refractivity contribution in [3.63, 3.8) is 0 Å². The second-order valence-corrected chi connectivity index (χ2v) is 7.36. The molecule has 28 heavy (non-hydrogen) atoms. The third-order valence-electron chi connectivity index (χ3n) is 5.12. The van der Waals surface area contributed by atoms with Crippen molar-refractivity contribution in [3.8, 4) is 11.1 Å². The van der Waals surface area contributed by atoms with Crippen LogP contribution in [-0.4, -0.2) is 54.6 Å². The molecule has 0 unspecified atom stereocenters. The molecule has 1 fully saturated rings. The number of rotatable bonds is 5. The zero-order valence-corrected chi connectivity index (χ0v) is 16.2. The number of nitrogens with zero attached hydrogens (tertiary/aromatic N) is 2. The van der Waals surface area contributed by atoms with Crippen molar-refractivity contribution in [2.24, 2.45) is 5.92 Å². The predicted octanol–water partition coefficient (Wildman–Crippen LogP) is 3.25. The number of amides is 2. The van der Waals surface area contributed by atoms with E-state index >= 15 is 0 Å². The average Bonchev–Trinajstić information content (AvgIpc) is 2.98. The third kappa shape index (κ3) is 4.11. The van der Waals surface area contributed by atoms with E-state index < -0.39 is 5.82 Å². The van der Waals surface area contributed by atoms with Gasteiger partial charge in [-0.2, -0.15) is 0 Å². The standard InChI is InChI=1S/C22H23FN2O3/c1-14(26)18-8-9-20(23)19(11-18)16-4-6-17(7-5-16)22(28)25(3)13-15-10-21(27)24(2)12-15/h4-9,11,15H,10,12-13H2,1-3H3/t15-/m1/s1. The van der Waals surface area contributed by atoms with Crippen LogP contribution in [0.5, 0.6) is 0 Å². The monoisotopic (exact) mass is 382 g/mol. The molecule has 2 aromatic carbocycles. The van der Waals surface area contributed by atoms with Gasteiger partial charge in [-0.1, -0.05) is 12.1 Å². The molecule has 0 saturated carbocycles. The SMILES string of the molecule is CC(=O)c1ccc(F)c(-c2ccc(C(=O)N(C)C[C@@H]3CC(=O)N(C)C3)cc2)c1. The van der Waals surface area contributed by atoms with Gasteiger partial charge in [0, 0.05) is 56.2 Å². The highest BCUT2D eigenvalue weighted by Gasteiger charge is 2.28. The molecule has 6 heteroatoms. The largest absolute Gasteiger partial charge is 0.345 e. The van der Waals surface area contributed by atoms with Crippen molar-refractivity contribution in [1.82, 2.24) is 9.80 Å². The second-order valence-electron chi connectivity index (χ2n) is 7.36. The normalized spacial score (nSPS) is 16.4. The van der Waals surface area contributed by atoms with E-state index in [1.807, 2.05) is 0 Å². The van der Waals surface area contributed by atoms with E-state index in [9.17, 15) is 18.8 Å². The summed E-state index contributed by atoms with van der Waals surface area (Å²) in [5, 5.41) is 0. The van der Waals surface area contributed by atoms with Crippen LogP contribution in [0.3, 0.4) is 0 Å². The predicted molar refractivity (Wildman–Crippen MR) is 105 cm³/mol. The van der Waals surface area contributed by atoms with Gasteiger partial charge in [-0.15, -0.1) is 0 Å². The molecule has 1 atom stereocenters. The lowest BCUT2D eigenvalue weighted by Gasteiger charge is -2.21. The minimum atomic E-state index is -0.420. The smallest absolute Gasteiger partial charge is 0.253 e. The number of hydrogen-bond acceptors (Lipinski definition) is 3. The Morgan fingerprint density at radius 3 is 2.36 bits per heavy atom. The van der Waals surface area contributed by atoms with E-state index in [1.54, 1.807) is 48.2 Å². The maximum absolute atomic E-state index is 14.2. The van der Waals surface area contributed by atoms with Crippen LogP contribution in [0.1, 0.15) is 34.1 Å². The molecule has 5 nitrogen and oxygen atoms in total. The fraction of sp³-hybridized carbons (Fsp3) is 0.318. The summed E-state index contributed by atoms with van der Waals surface area (Å²) in [5.74, 6) is -0.465. The Hall–Kier alpha value is -3.02. The number of halogens is 1. The zero-order valence-electron chi connectivity index (χ0n) is 16.2. The Labute approximate surface area is 163 Å². The molecule has 146 valence electrons. The maximum atomic E-state index is 14.2. The highest BCUT2D eigenvalue weighted by Crippen LogP contribution is 2.25. The Kier molecular flexibility index (Phi) is 5.58. The molecule has 1 aliphatic rings. The molecule has 1 heterocycles. The van der Waals surface area contributed by atoms with Gasteiger partial charge >= 0.3 is 0 Å². The van der Waals surface area contributed by atoms with Gasteiger partial charge in [0.05, 0.1) is 0 Å². The molecule has 0 spiro atoms. The maximum Gasteiger partial charge on any atom is 0.253 e. The third-order valence-corrected chi connectivity index (χ3v) is 5.12. The van der Waals surface area contributed by atoms with E-state index in [4.69, 9.17) is 0 Å². The van der Waals surface area contributed by atoms with Crippen molar-refractivity contribution < 1.29 is 18.8 Å². The first-order chi connectivity index (χ1) is 13.3. The molecule has 2 aromatic rings. The summed E-state index contributed by atoms with van der Waals surface area (Å²) >= 11 is 0. The fourth-order valence-electron chi connectivity index (χ4n) is 3.53. The van der Waals surface area contributed by atoms with Crippen LogP contribution in [0.2, 0.25) is 0 Å². The zero-order chi connectivity index (χ0) is 20.4. The van der Waals surface area contributed by atoms with E-state index in [-0.39, 0.29) is 23.5 Å². The van der Waals surface area contributed by atoms with Crippen LogP contribution in [0, 0.1) is 11.7 Å². The number of carbonyl (C=O) groups is 3. The van der Waals surface area contributed by atoms with Crippen LogP contribution in [0.15, 0.2) is 42.5 Å². The van der Waals surface area contributed by atoms with Gasteiger partial charge in [0.25, 0.3) is 5.91 Å². The van der Waals surface area contributed by atoms with Crippen LogP contribution in [0.4, 0.5) is 4.39 Å². The summed E-state index contributed by atoms with van der Waals surface area (Å²) in [6.07, 6.45) is 0.457. The molecular formula is C22H23FN2O3. The summed E-state index contributed by atoms with van der Waals surface area (Å²) in [4.78, 5) is 39.1. The summed E-state index contributed by atoms with van der Waals surface area (Å²) in [6.45, 7) is 2.59. The number of carbonyl (C=O) groups excluding carboxylic acids is 3. The Balaban J connectivity index is 1.73. The van der Waals surface area contributed by atoms with Crippen molar-refractivity contribution >= 4 is 17.6 Å². The van der Waals surface area contributed by atoms with Crippen molar-refractivity contribution in [2.75, 3.05) is 27.2 Å². The summed E-state index contributed by atoms with van der Waals surface area (Å²) in [6, 6.07) is 10.9. The van der Waals surface area contributed by atoms with Crippen LogP contribution >= 0.6 is 0 Å². The quantitative estimate of drug-likeness (QED) is 0.746. The number of hydrogen-bond donors (Lipinski definition) is 0. The molecule has 2 amide bonds. The fourth-order valence-corrected chi connectivity index (χ4v) is 3.53. The van der Waals surface area contributed by atoms with Gasteiger partial charge in [0.2, 0.25) is 5.91 Å². The highest BCUT2D eigenvalue weighted by molar-refractivity contribution is 5.96. The first-order valence-corrected chi connectivity index (χ1v) is 9.16. The van der Waals surface area contributed by atoms with Crippen molar-refractivity contribution in [2.45, 2.75) is 13.3 Å². The topological polar surface area (TPSA) is 57.7 Å². The molecule has 0 bridgehead atoms. The molecule has 1 aliphatic heterocycles. The lowest BCUT2D eigenvalue weighted by Crippen LogP contribution is -2.32. The highest BCUT2D eigenvalue weighted by atomic mass is 19.1. The van der Waals surface area contributed by atoms with Crippen LogP contribution < -0.4 is 0 Å². The molecule has 1 saturated heterocycles. The minimum absolute atomic E-state index is 0.102. The minimum Gasteiger partial charge on any atom is -0.345 e. The van der Waals surface area contributed by atoms with Gasteiger partial charge in [-0.3, -0.25) is 14.4 Å². The Bertz CT molecular complexity index is 924. The molecular weight excluding hydrogens is 359 g/mol. The lowest BCUT2D eigenvalue weighted by molar-refractivity contribution is -0.126. The summed E-state index contributed by atoms with van der Waals surface area (Å²) in [7, 11) is 3.48. The Morgan fingerprint density at radius 1 is 1.14 bits per heavy atom. The van der Waals surface area contributed by atoms with E-state index in [0.29, 0.717) is 41.8 Å². The van der Waals surface area contributed by atoms with Gasteiger partial charge in [-0.05, 0) is 42.8 Å². The van der Waals surface area contributed by atoms with E-state index in [1.165, 1.54) is 25.1 Å². The van der Waals surface area contributed by atoms with Crippen molar-refractivity contribution in [3.05, 3.63) is 59.4 Å². The Morgan fingerprint density at radius 2 is 1.79 bits per heavy atom. The average molecular weight is 382 g/mol. The number of likely N-dealkylation sites (tertiary alicyclic amines) is 1. The first-order valence-electron chi connectivity index (χ1n) is 9.16. The van der Waals surface area contributed by atoms with E-state index in [2.05, 4.69) is 0 Å². The van der Waals surface area contributed by atoms with E-state index in [0.717, 1.165) is 0 Å². The van der Waals surface area contributed by atoms with Crippen LogP contribution in [-0.2, 0) is 4.79 Å². The molecule has 0 aromatic heterocycles. The van der Waals surface area contributed by atoms with Gasteiger partial charge < -0.3 is 9.80 Å². The van der Waals surface area contributed by atoms with Gasteiger partial charge in [-0.25, -0.2) is 4.39 Å². The van der Waals surface area contributed by atoms with Gasteiger partial charge in [0.15, 0.2) is 5.78 Å². The summed E-state index contributed by atoms with van der Waals surface area (Å²) < 4.78 is 14.2. The summed E-state index contributed by atoms with van der Waals surface area (Å²) in [5.41, 5.74) is 1.86. The number of ketones is 1. The molecule has 0 N–H and O–H groups in total. The second kappa shape index (κ2) is 7.92. The molecule has 3 rings (SSSR count). The van der Waals surface area contributed by atoms with Gasteiger partial charge in [0.1, 0.15) is 5.82 Å². The van der Waals surface area contributed by atoms with Crippen molar-refractivity contribution in [1.29, 1.82) is 0 Å². The lowest BCUT2D eigenvalue weighted by atomic mass is 9.99. The van der Waals surface area contributed by atoms with Crippen LogP contribution in [0.25, 0.3) is 11.1 Å².